The van der Waals surface area contributed by atoms with Gasteiger partial charge in [0.15, 0.2) is 0 Å². The number of carbonyl (C=O) groups is 2. The summed E-state index contributed by atoms with van der Waals surface area (Å²) in [5, 5.41) is 12.3. The number of aliphatic carboxylic acids is 1. The topological polar surface area (TPSA) is 66.4 Å². The van der Waals surface area contributed by atoms with Crippen molar-refractivity contribution >= 4 is 29.2 Å². The molecule has 2 N–H and O–H groups in total. The lowest BCUT2D eigenvalue weighted by Gasteiger charge is -2.22. The first kappa shape index (κ1) is 14.9. The minimum absolute atomic E-state index is 0.0144. The van der Waals surface area contributed by atoms with Crippen molar-refractivity contribution in [1.29, 1.82) is 0 Å². The Hall–Kier alpha value is -1.55. The highest BCUT2D eigenvalue weighted by Gasteiger charge is 2.23. The first-order valence-corrected chi connectivity index (χ1v) is 6.97. The molecule has 1 heterocycles. The van der Waals surface area contributed by atoms with Gasteiger partial charge in [0.1, 0.15) is 0 Å². The van der Waals surface area contributed by atoms with Gasteiger partial charge in [0, 0.05) is 10.7 Å². The molecule has 1 amide bonds. The van der Waals surface area contributed by atoms with Crippen LogP contribution in [-0.4, -0.2) is 17.0 Å². The van der Waals surface area contributed by atoms with E-state index in [1.807, 2.05) is 19.9 Å². The summed E-state index contributed by atoms with van der Waals surface area (Å²) in [6.07, 6.45) is 1.97. The van der Waals surface area contributed by atoms with E-state index in [1.54, 1.807) is 6.07 Å². The Morgan fingerprint density at radius 3 is 2.80 bits per heavy atom. The van der Waals surface area contributed by atoms with Gasteiger partial charge >= 0.3 is 5.97 Å². The summed E-state index contributed by atoms with van der Waals surface area (Å²) in [4.78, 5) is 22.2. The van der Waals surface area contributed by atoms with E-state index in [4.69, 9.17) is 16.7 Å². The van der Waals surface area contributed by atoms with Gasteiger partial charge < -0.3 is 10.4 Å². The normalized spacial score (nSPS) is 14.1. The lowest BCUT2D eigenvalue weighted by Crippen LogP contribution is -2.17. The van der Waals surface area contributed by atoms with Crippen molar-refractivity contribution in [3.8, 4) is 0 Å². The fourth-order valence-electron chi connectivity index (χ4n) is 2.46. The van der Waals surface area contributed by atoms with Crippen LogP contribution in [0.25, 0.3) is 0 Å². The maximum atomic E-state index is 11.3. The molecular weight excluding hydrogens is 278 g/mol. The fourth-order valence-corrected chi connectivity index (χ4v) is 2.72. The Morgan fingerprint density at radius 2 is 2.15 bits per heavy atom. The molecule has 4 nitrogen and oxygen atoms in total. The van der Waals surface area contributed by atoms with Crippen LogP contribution in [0.15, 0.2) is 12.1 Å². The van der Waals surface area contributed by atoms with Crippen molar-refractivity contribution in [2.45, 2.75) is 39.5 Å². The third-order valence-electron chi connectivity index (χ3n) is 3.60. The second-order valence-electron chi connectivity index (χ2n) is 6.06. The molecule has 1 aromatic carbocycles. The average Bonchev–Trinajstić information content (AvgIpc) is 2.63. The van der Waals surface area contributed by atoms with Gasteiger partial charge in [-0.2, -0.15) is 0 Å². The van der Waals surface area contributed by atoms with Gasteiger partial charge in [-0.05, 0) is 35.4 Å². The minimum Gasteiger partial charge on any atom is -0.481 e. The maximum Gasteiger partial charge on any atom is 0.303 e. The smallest absolute Gasteiger partial charge is 0.303 e. The van der Waals surface area contributed by atoms with Crippen LogP contribution >= 0.6 is 11.6 Å². The number of hydrogen-bond donors (Lipinski definition) is 2. The second-order valence-corrected chi connectivity index (χ2v) is 6.47. The van der Waals surface area contributed by atoms with Crippen molar-refractivity contribution in [3.63, 3.8) is 0 Å². The highest BCUT2D eigenvalue weighted by Crippen LogP contribution is 2.33. The molecule has 0 bridgehead atoms. The molecule has 0 spiro atoms. The monoisotopic (exact) mass is 295 g/mol. The number of anilines is 1. The largest absolute Gasteiger partial charge is 0.481 e. The predicted molar refractivity (Wildman–Crippen MR) is 78.1 cm³/mol. The van der Waals surface area contributed by atoms with Gasteiger partial charge in [-0.1, -0.05) is 31.5 Å². The Kier molecular flexibility index (Phi) is 4.04. The van der Waals surface area contributed by atoms with Crippen LogP contribution in [-0.2, 0) is 22.4 Å². The number of aryl methyl sites for hydroxylation is 1. The predicted octanol–water partition coefficient (Wildman–Crippen LogP) is 3.27. The quantitative estimate of drug-likeness (QED) is 0.876. The Morgan fingerprint density at radius 1 is 1.45 bits per heavy atom. The molecule has 2 rings (SSSR count). The summed E-state index contributed by atoms with van der Waals surface area (Å²) in [7, 11) is 0. The molecule has 20 heavy (non-hydrogen) atoms. The van der Waals surface area contributed by atoms with Crippen LogP contribution < -0.4 is 5.32 Å². The number of carboxylic acid groups (broad SMARTS) is 1. The van der Waals surface area contributed by atoms with Gasteiger partial charge in [-0.25, -0.2) is 0 Å². The molecular formula is C15H18ClNO3. The number of amides is 1. The van der Waals surface area contributed by atoms with E-state index >= 15 is 0 Å². The van der Waals surface area contributed by atoms with Crippen LogP contribution in [0, 0.1) is 5.41 Å². The number of halogens is 1. The fraction of sp³-hybridized carbons (Fsp3) is 0.467. The van der Waals surface area contributed by atoms with Crippen LogP contribution in [0.2, 0.25) is 5.02 Å². The van der Waals surface area contributed by atoms with Crippen LogP contribution in [0.1, 0.15) is 37.8 Å². The molecule has 0 atom stereocenters. The van der Waals surface area contributed by atoms with Crippen LogP contribution in [0.3, 0.4) is 0 Å². The average molecular weight is 296 g/mol. The maximum absolute atomic E-state index is 11.3. The van der Waals surface area contributed by atoms with Gasteiger partial charge in [-0.3, -0.25) is 9.59 Å². The van der Waals surface area contributed by atoms with Gasteiger partial charge in [-0.15, -0.1) is 0 Å². The van der Waals surface area contributed by atoms with Crippen molar-refractivity contribution in [1.82, 2.24) is 0 Å². The molecule has 1 aliphatic heterocycles. The highest BCUT2D eigenvalue weighted by molar-refractivity contribution is 6.31. The first-order chi connectivity index (χ1) is 9.27. The molecule has 0 aliphatic carbocycles. The zero-order valence-corrected chi connectivity index (χ0v) is 12.4. The highest BCUT2D eigenvalue weighted by atomic mass is 35.5. The van der Waals surface area contributed by atoms with Gasteiger partial charge in [0.2, 0.25) is 5.91 Å². The third kappa shape index (κ3) is 3.51. The van der Waals surface area contributed by atoms with Crippen molar-refractivity contribution in [2.75, 3.05) is 5.32 Å². The number of fused-ring (bicyclic) bond motifs is 1. The number of benzene rings is 1. The zero-order valence-electron chi connectivity index (χ0n) is 11.6. The summed E-state index contributed by atoms with van der Waals surface area (Å²) < 4.78 is 0. The molecule has 1 aromatic rings. The molecule has 0 saturated heterocycles. The second kappa shape index (κ2) is 5.44. The number of hydrogen-bond acceptors (Lipinski definition) is 2. The van der Waals surface area contributed by atoms with Crippen molar-refractivity contribution in [3.05, 3.63) is 28.3 Å². The Labute approximate surface area is 123 Å². The Bertz CT molecular complexity index is 566. The molecule has 108 valence electrons. The summed E-state index contributed by atoms with van der Waals surface area (Å²) in [6, 6.07) is 3.73. The lowest BCUT2D eigenvalue weighted by atomic mass is 9.83. The van der Waals surface area contributed by atoms with E-state index in [0.29, 0.717) is 17.9 Å². The van der Waals surface area contributed by atoms with Crippen molar-refractivity contribution in [2.24, 2.45) is 5.41 Å². The van der Waals surface area contributed by atoms with Gasteiger partial charge in [0.05, 0.1) is 12.8 Å². The molecule has 0 aromatic heterocycles. The van der Waals surface area contributed by atoms with E-state index in [0.717, 1.165) is 23.2 Å². The molecule has 1 aliphatic rings. The molecule has 5 heteroatoms. The van der Waals surface area contributed by atoms with E-state index < -0.39 is 5.97 Å². The molecule has 0 radical (unpaired) electrons. The van der Waals surface area contributed by atoms with Gasteiger partial charge in [0.25, 0.3) is 0 Å². The van der Waals surface area contributed by atoms with Crippen molar-refractivity contribution < 1.29 is 14.7 Å². The summed E-state index contributed by atoms with van der Waals surface area (Å²) in [6.45, 7) is 3.88. The molecule has 0 saturated carbocycles. The summed E-state index contributed by atoms with van der Waals surface area (Å²) in [5.74, 6) is -0.802. The molecule has 0 fully saturated rings. The standard InChI is InChI=1S/C15H18ClNO3/c1-15(2,8-14(19)20)4-3-9-5-10-6-13(18)17-12(10)7-11(9)16/h5,7H,3-4,6,8H2,1-2H3,(H,17,18)(H,19,20). The first-order valence-electron chi connectivity index (χ1n) is 6.60. The lowest BCUT2D eigenvalue weighted by molar-refractivity contribution is -0.139. The van der Waals surface area contributed by atoms with Crippen LogP contribution in [0.5, 0.6) is 0 Å². The van der Waals surface area contributed by atoms with E-state index in [9.17, 15) is 9.59 Å². The number of nitrogens with one attached hydrogen (secondary N) is 1. The Balaban J connectivity index is 2.09. The third-order valence-corrected chi connectivity index (χ3v) is 3.95. The summed E-state index contributed by atoms with van der Waals surface area (Å²) >= 11 is 6.22. The number of carboxylic acids is 1. The van der Waals surface area contributed by atoms with E-state index in [-0.39, 0.29) is 17.7 Å². The zero-order chi connectivity index (χ0) is 14.9. The SMILES string of the molecule is CC(C)(CCc1cc2c(cc1Cl)NC(=O)C2)CC(=O)O. The number of rotatable bonds is 5. The molecule has 0 unspecified atom stereocenters. The van der Waals surface area contributed by atoms with Crippen LogP contribution in [0.4, 0.5) is 5.69 Å². The summed E-state index contributed by atoms with van der Waals surface area (Å²) in [5.41, 5.74) is 2.45. The minimum atomic E-state index is -0.787. The number of carbonyl (C=O) groups excluding carboxylic acids is 1. The van der Waals surface area contributed by atoms with E-state index in [1.165, 1.54) is 0 Å². The van der Waals surface area contributed by atoms with E-state index in [2.05, 4.69) is 5.32 Å².